The van der Waals surface area contributed by atoms with Crippen LogP contribution < -0.4 is 5.32 Å². The molecule has 1 aliphatic carbocycles. The molecule has 0 spiro atoms. The predicted octanol–water partition coefficient (Wildman–Crippen LogP) is 1.90. The van der Waals surface area contributed by atoms with E-state index in [1.165, 1.54) is 0 Å². The second-order valence-corrected chi connectivity index (χ2v) is 5.02. The number of aliphatic hydroxyl groups is 1. The minimum Gasteiger partial charge on any atom is -0.384 e. The molecule has 1 unspecified atom stereocenters. The van der Waals surface area contributed by atoms with Gasteiger partial charge in [0.05, 0.1) is 0 Å². The Morgan fingerprint density at radius 3 is 2.61 bits per heavy atom. The molecular formula is C15H21NO2. The van der Waals surface area contributed by atoms with Crippen LogP contribution in [0.5, 0.6) is 0 Å². The molecule has 1 fully saturated rings. The lowest BCUT2D eigenvalue weighted by Crippen LogP contribution is -2.36. The van der Waals surface area contributed by atoms with Crippen LogP contribution in [0, 0.1) is 5.92 Å². The SMILES string of the molecule is O=C(C(O)CNCc1ccccc1)C1CCCC1. The number of hydrogen-bond acceptors (Lipinski definition) is 3. The number of Topliss-reactive ketones (excluding diaryl/α,β-unsaturated/α-hetero) is 1. The number of benzene rings is 1. The molecule has 1 saturated carbocycles. The van der Waals surface area contributed by atoms with Crippen molar-refractivity contribution in [2.24, 2.45) is 5.92 Å². The number of ketones is 1. The van der Waals surface area contributed by atoms with Crippen molar-refractivity contribution in [2.45, 2.75) is 38.3 Å². The minimum absolute atomic E-state index is 0.0214. The molecule has 98 valence electrons. The van der Waals surface area contributed by atoms with Gasteiger partial charge in [-0.2, -0.15) is 0 Å². The Labute approximate surface area is 108 Å². The maximum absolute atomic E-state index is 11.9. The molecule has 0 aliphatic heterocycles. The van der Waals surface area contributed by atoms with E-state index in [2.05, 4.69) is 5.32 Å². The van der Waals surface area contributed by atoms with E-state index < -0.39 is 6.10 Å². The van der Waals surface area contributed by atoms with Crippen molar-refractivity contribution in [3.8, 4) is 0 Å². The van der Waals surface area contributed by atoms with Gasteiger partial charge in [-0.3, -0.25) is 4.79 Å². The van der Waals surface area contributed by atoms with Crippen molar-refractivity contribution in [1.82, 2.24) is 5.32 Å². The molecule has 1 aliphatic rings. The first-order chi connectivity index (χ1) is 8.77. The number of hydrogen-bond donors (Lipinski definition) is 2. The third-order valence-corrected chi connectivity index (χ3v) is 3.60. The lowest BCUT2D eigenvalue weighted by atomic mass is 9.98. The quantitative estimate of drug-likeness (QED) is 0.807. The second kappa shape index (κ2) is 6.66. The summed E-state index contributed by atoms with van der Waals surface area (Å²) in [6.45, 7) is 1.04. The summed E-state index contributed by atoms with van der Waals surface area (Å²) >= 11 is 0. The van der Waals surface area contributed by atoms with E-state index in [4.69, 9.17) is 0 Å². The summed E-state index contributed by atoms with van der Waals surface area (Å²) in [6.07, 6.45) is 3.31. The first kappa shape index (κ1) is 13.2. The normalized spacial score (nSPS) is 17.8. The number of rotatable bonds is 6. The van der Waals surface area contributed by atoms with Crippen LogP contribution in [-0.4, -0.2) is 23.5 Å². The number of nitrogens with one attached hydrogen (secondary N) is 1. The standard InChI is InChI=1S/C15H21NO2/c17-14(15(18)13-8-4-5-9-13)11-16-10-12-6-2-1-3-7-12/h1-3,6-7,13-14,16-17H,4-5,8-11H2. The Bertz CT molecular complexity index is 371. The van der Waals surface area contributed by atoms with E-state index in [-0.39, 0.29) is 11.7 Å². The lowest BCUT2D eigenvalue weighted by Gasteiger charge is -2.15. The highest BCUT2D eigenvalue weighted by Crippen LogP contribution is 2.26. The monoisotopic (exact) mass is 247 g/mol. The van der Waals surface area contributed by atoms with Gasteiger partial charge in [0.2, 0.25) is 0 Å². The fourth-order valence-electron chi connectivity index (χ4n) is 2.53. The van der Waals surface area contributed by atoms with Crippen molar-refractivity contribution in [3.05, 3.63) is 35.9 Å². The zero-order chi connectivity index (χ0) is 12.8. The van der Waals surface area contributed by atoms with Gasteiger partial charge in [-0.1, -0.05) is 43.2 Å². The van der Waals surface area contributed by atoms with Crippen LogP contribution in [-0.2, 0) is 11.3 Å². The summed E-state index contributed by atoms with van der Waals surface area (Å²) in [5.41, 5.74) is 1.16. The predicted molar refractivity (Wildman–Crippen MR) is 71.1 cm³/mol. The maximum atomic E-state index is 11.9. The van der Waals surface area contributed by atoms with E-state index in [0.717, 1.165) is 31.2 Å². The Hall–Kier alpha value is -1.19. The van der Waals surface area contributed by atoms with Gasteiger partial charge in [0.1, 0.15) is 6.10 Å². The van der Waals surface area contributed by atoms with Crippen LogP contribution in [0.1, 0.15) is 31.2 Å². The largest absolute Gasteiger partial charge is 0.384 e. The van der Waals surface area contributed by atoms with Crippen molar-refractivity contribution in [3.63, 3.8) is 0 Å². The molecule has 1 aromatic rings. The highest BCUT2D eigenvalue weighted by molar-refractivity contribution is 5.85. The number of aliphatic hydroxyl groups excluding tert-OH is 1. The molecule has 0 saturated heterocycles. The topological polar surface area (TPSA) is 49.3 Å². The molecule has 1 aromatic carbocycles. The van der Waals surface area contributed by atoms with Gasteiger partial charge in [0.25, 0.3) is 0 Å². The molecule has 0 heterocycles. The molecule has 1 atom stereocenters. The molecule has 0 aromatic heterocycles. The van der Waals surface area contributed by atoms with Gasteiger partial charge in [0.15, 0.2) is 5.78 Å². The van der Waals surface area contributed by atoms with Crippen molar-refractivity contribution in [1.29, 1.82) is 0 Å². The van der Waals surface area contributed by atoms with E-state index in [1.54, 1.807) is 0 Å². The molecule has 2 N–H and O–H groups in total. The van der Waals surface area contributed by atoms with Gasteiger partial charge in [-0.25, -0.2) is 0 Å². The number of carbonyl (C=O) groups is 1. The summed E-state index contributed by atoms with van der Waals surface area (Å²) in [5.74, 6) is 0.117. The second-order valence-electron chi connectivity index (χ2n) is 5.02. The highest BCUT2D eigenvalue weighted by atomic mass is 16.3. The zero-order valence-electron chi connectivity index (χ0n) is 10.6. The summed E-state index contributed by atoms with van der Waals surface area (Å²) in [7, 11) is 0. The molecule has 0 bridgehead atoms. The van der Waals surface area contributed by atoms with Crippen molar-refractivity contribution < 1.29 is 9.90 Å². The number of carbonyl (C=O) groups excluding carboxylic acids is 1. The first-order valence-electron chi connectivity index (χ1n) is 6.74. The third kappa shape index (κ3) is 3.65. The first-order valence-corrected chi connectivity index (χ1v) is 6.74. The molecule has 0 amide bonds. The fourth-order valence-corrected chi connectivity index (χ4v) is 2.53. The van der Waals surface area contributed by atoms with Gasteiger partial charge in [0, 0.05) is 19.0 Å². The van der Waals surface area contributed by atoms with Crippen LogP contribution in [0.25, 0.3) is 0 Å². The summed E-state index contributed by atoms with van der Waals surface area (Å²) < 4.78 is 0. The molecule has 3 nitrogen and oxygen atoms in total. The summed E-state index contributed by atoms with van der Waals surface area (Å²) in [5, 5.41) is 13.0. The highest BCUT2D eigenvalue weighted by Gasteiger charge is 2.27. The Morgan fingerprint density at radius 1 is 1.28 bits per heavy atom. The molecule has 18 heavy (non-hydrogen) atoms. The van der Waals surface area contributed by atoms with Crippen molar-refractivity contribution in [2.75, 3.05) is 6.54 Å². The Kier molecular flexibility index (Phi) is 4.90. The van der Waals surface area contributed by atoms with E-state index in [0.29, 0.717) is 13.1 Å². The van der Waals surface area contributed by atoms with Crippen LogP contribution in [0.4, 0.5) is 0 Å². The van der Waals surface area contributed by atoms with E-state index in [1.807, 2.05) is 30.3 Å². The van der Waals surface area contributed by atoms with Gasteiger partial charge >= 0.3 is 0 Å². The van der Waals surface area contributed by atoms with Crippen LogP contribution in [0.15, 0.2) is 30.3 Å². The maximum Gasteiger partial charge on any atom is 0.165 e. The molecule has 0 radical (unpaired) electrons. The van der Waals surface area contributed by atoms with Gasteiger partial charge in [-0.15, -0.1) is 0 Å². The zero-order valence-corrected chi connectivity index (χ0v) is 10.6. The smallest absolute Gasteiger partial charge is 0.165 e. The van der Waals surface area contributed by atoms with Crippen LogP contribution >= 0.6 is 0 Å². The average molecular weight is 247 g/mol. The van der Waals surface area contributed by atoms with Gasteiger partial charge in [-0.05, 0) is 18.4 Å². The van der Waals surface area contributed by atoms with E-state index >= 15 is 0 Å². The Balaban J connectivity index is 1.71. The van der Waals surface area contributed by atoms with E-state index in [9.17, 15) is 9.90 Å². The Morgan fingerprint density at radius 2 is 1.94 bits per heavy atom. The summed E-state index contributed by atoms with van der Waals surface area (Å²) in [6, 6.07) is 9.99. The third-order valence-electron chi connectivity index (χ3n) is 3.60. The molecule has 2 rings (SSSR count). The fraction of sp³-hybridized carbons (Fsp3) is 0.533. The lowest BCUT2D eigenvalue weighted by molar-refractivity contribution is -0.130. The molecule has 3 heteroatoms. The minimum atomic E-state index is -0.850. The summed E-state index contributed by atoms with van der Waals surface area (Å²) in [4.78, 5) is 11.9. The average Bonchev–Trinajstić information content (AvgIpc) is 2.93. The van der Waals surface area contributed by atoms with Gasteiger partial charge < -0.3 is 10.4 Å². The van der Waals surface area contributed by atoms with Crippen molar-refractivity contribution >= 4 is 5.78 Å². The molecular weight excluding hydrogens is 226 g/mol. The van der Waals surface area contributed by atoms with Crippen LogP contribution in [0.3, 0.4) is 0 Å². The van der Waals surface area contributed by atoms with Crippen LogP contribution in [0.2, 0.25) is 0 Å².